The van der Waals surface area contributed by atoms with E-state index in [1.807, 2.05) is 70.2 Å². The van der Waals surface area contributed by atoms with Gasteiger partial charge in [-0.3, -0.25) is 0 Å². The summed E-state index contributed by atoms with van der Waals surface area (Å²) >= 11 is 0. The molecule has 0 saturated heterocycles. The molecule has 0 amide bonds. The van der Waals surface area contributed by atoms with Crippen molar-refractivity contribution in [3.8, 4) is 22.4 Å². The maximum Gasteiger partial charge on any atom is 0.390 e. The van der Waals surface area contributed by atoms with Crippen molar-refractivity contribution in [2.24, 2.45) is 0 Å². The summed E-state index contributed by atoms with van der Waals surface area (Å²) in [7, 11) is 0. The molecule has 5 aromatic rings. The number of aromatic nitrogens is 4. The van der Waals surface area contributed by atoms with Crippen LogP contribution in [0.1, 0.15) is 67.8 Å². The van der Waals surface area contributed by atoms with E-state index in [9.17, 15) is 18.0 Å². The van der Waals surface area contributed by atoms with E-state index in [0.717, 1.165) is 57.5 Å². The number of nitrogens with zero attached hydrogens (tertiary/aromatic N) is 4. The van der Waals surface area contributed by atoms with E-state index >= 15 is 0 Å². The van der Waals surface area contributed by atoms with Gasteiger partial charge in [0.05, 0.1) is 35.0 Å². The SMILES string of the molecule is CCCc1nc2c(C)cc(-c3cn(CCC(F)(F)F)cn3)cc2n1Cc1ccc(-c2ccccc2C(=O)OC(C)(C)C)cc1. The first kappa shape index (κ1) is 31.0. The fraction of sp³-hybridized carbons (Fsp3) is 0.343. The van der Waals surface area contributed by atoms with Crippen molar-refractivity contribution in [3.05, 3.63) is 95.7 Å². The van der Waals surface area contributed by atoms with Crippen molar-refractivity contribution in [1.82, 2.24) is 19.1 Å². The number of esters is 1. The van der Waals surface area contributed by atoms with E-state index in [-0.39, 0.29) is 12.5 Å². The van der Waals surface area contributed by atoms with Gasteiger partial charge in [0.2, 0.25) is 0 Å². The summed E-state index contributed by atoms with van der Waals surface area (Å²) in [5, 5.41) is 0. The van der Waals surface area contributed by atoms with Crippen LogP contribution in [0.3, 0.4) is 0 Å². The largest absolute Gasteiger partial charge is 0.456 e. The molecule has 0 unspecified atom stereocenters. The molecule has 230 valence electrons. The normalized spacial score (nSPS) is 12.2. The molecule has 0 aliphatic rings. The quantitative estimate of drug-likeness (QED) is 0.158. The molecule has 0 saturated carbocycles. The number of ether oxygens (including phenoxy) is 1. The molecular formula is C35H37F3N4O2. The summed E-state index contributed by atoms with van der Waals surface area (Å²) in [5.74, 6) is 0.612. The molecule has 0 bridgehead atoms. The summed E-state index contributed by atoms with van der Waals surface area (Å²) < 4.78 is 47.5. The van der Waals surface area contributed by atoms with Gasteiger partial charge in [-0.1, -0.05) is 49.4 Å². The van der Waals surface area contributed by atoms with Crippen LogP contribution in [0.25, 0.3) is 33.4 Å². The standard InChI is InChI=1S/C35H37F3N4O2/c1-6-9-31-40-32-23(2)18-26(29-21-41(22-39-29)17-16-35(36,37)38)19-30(32)42(31)20-24-12-14-25(15-13-24)27-10-7-8-11-28(27)33(43)44-34(3,4)5/h7-8,10-15,18-19,21-22H,6,9,16-17,20H2,1-5H3. The second kappa shape index (κ2) is 12.3. The van der Waals surface area contributed by atoms with E-state index < -0.39 is 18.2 Å². The summed E-state index contributed by atoms with van der Waals surface area (Å²) in [5.41, 5.74) is 7.00. The Morgan fingerprint density at radius 3 is 2.39 bits per heavy atom. The lowest BCUT2D eigenvalue weighted by atomic mass is 9.98. The number of carbonyl (C=O) groups excluding carboxylic acids is 1. The van der Waals surface area contributed by atoms with Crippen molar-refractivity contribution in [2.45, 2.75) is 78.7 Å². The number of halogens is 3. The van der Waals surface area contributed by atoms with Gasteiger partial charge in [-0.25, -0.2) is 14.8 Å². The molecule has 0 aliphatic heterocycles. The van der Waals surface area contributed by atoms with Crippen LogP contribution in [0.5, 0.6) is 0 Å². The molecule has 0 spiro atoms. The minimum Gasteiger partial charge on any atom is -0.456 e. The zero-order valence-corrected chi connectivity index (χ0v) is 25.7. The molecule has 2 heterocycles. The van der Waals surface area contributed by atoms with Crippen molar-refractivity contribution in [2.75, 3.05) is 0 Å². The molecule has 0 fully saturated rings. The molecule has 6 nitrogen and oxygen atoms in total. The number of alkyl halides is 3. The highest BCUT2D eigenvalue weighted by Crippen LogP contribution is 2.30. The van der Waals surface area contributed by atoms with Gasteiger partial charge in [0, 0.05) is 31.3 Å². The molecule has 2 aromatic heterocycles. The van der Waals surface area contributed by atoms with Crippen LogP contribution in [-0.4, -0.2) is 36.8 Å². The van der Waals surface area contributed by atoms with Gasteiger partial charge in [0.25, 0.3) is 0 Å². The predicted molar refractivity (Wildman–Crippen MR) is 167 cm³/mol. The van der Waals surface area contributed by atoms with Crippen LogP contribution in [0.2, 0.25) is 0 Å². The van der Waals surface area contributed by atoms with E-state index in [0.29, 0.717) is 17.8 Å². The monoisotopic (exact) mass is 602 g/mol. The molecule has 0 radical (unpaired) electrons. The van der Waals surface area contributed by atoms with Gasteiger partial charge < -0.3 is 13.9 Å². The maximum absolute atomic E-state index is 12.9. The Bertz CT molecular complexity index is 1780. The van der Waals surface area contributed by atoms with Crippen LogP contribution in [0.4, 0.5) is 13.2 Å². The Hall–Kier alpha value is -4.40. The second-order valence-electron chi connectivity index (χ2n) is 12.1. The maximum atomic E-state index is 12.9. The van der Waals surface area contributed by atoms with Crippen LogP contribution in [-0.2, 0) is 24.2 Å². The predicted octanol–water partition coefficient (Wildman–Crippen LogP) is 8.78. The van der Waals surface area contributed by atoms with Crippen LogP contribution >= 0.6 is 0 Å². The van der Waals surface area contributed by atoms with Crippen LogP contribution < -0.4 is 0 Å². The number of hydrogen-bond donors (Lipinski definition) is 0. The Kier molecular flexibility index (Phi) is 8.68. The fourth-order valence-corrected chi connectivity index (χ4v) is 5.28. The third-order valence-corrected chi connectivity index (χ3v) is 7.33. The van der Waals surface area contributed by atoms with E-state index in [2.05, 4.69) is 28.6 Å². The summed E-state index contributed by atoms with van der Waals surface area (Å²) in [6.07, 6.45) is -0.284. The Morgan fingerprint density at radius 2 is 1.70 bits per heavy atom. The number of carbonyl (C=O) groups is 1. The summed E-state index contributed by atoms with van der Waals surface area (Å²) in [4.78, 5) is 22.3. The van der Waals surface area contributed by atoms with Crippen molar-refractivity contribution < 1.29 is 22.7 Å². The fourth-order valence-electron chi connectivity index (χ4n) is 5.28. The molecule has 9 heteroatoms. The molecule has 0 N–H and O–H groups in total. The summed E-state index contributed by atoms with van der Waals surface area (Å²) in [6, 6.07) is 19.6. The third-order valence-electron chi connectivity index (χ3n) is 7.33. The second-order valence-corrected chi connectivity index (χ2v) is 12.1. The van der Waals surface area contributed by atoms with E-state index in [1.165, 1.54) is 10.9 Å². The Balaban J connectivity index is 1.46. The van der Waals surface area contributed by atoms with E-state index in [1.54, 1.807) is 12.3 Å². The molecule has 0 atom stereocenters. The van der Waals surface area contributed by atoms with E-state index in [4.69, 9.17) is 9.72 Å². The average Bonchev–Trinajstić information content (AvgIpc) is 3.57. The first-order valence-electron chi connectivity index (χ1n) is 14.8. The Morgan fingerprint density at radius 1 is 0.977 bits per heavy atom. The van der Waals surface area contributed by atoms with Gasteiger partial charge in [-0.15, -0.1) is 0 Å². The lowest BCUT2D eigenvalue weighted by molar-refractivity contribution is -0.136. The number of rotatable bonds is 9. The zero-order valence-electron chi connectivity index (χ0n) is 25.7. The number of hydrogen-bond acceptors (Lipinski definition) is 4. The minimum atomic E-state index is -4.22. The lowest BCUT2D eigenvalue weighted by Gasteiger charge is -2.20. The Labute approximate surface area is 255 Å². The first-order valence-corrected chi connectivity index (χ1v) is 14.8. The van der Waals surface area contributed by atoms with Crippen LogP contribution in [0, 0.1) is 6.92 Å². The van der Waals surface area contributed by atoms with Gasteiger partial charge in [-0.05, 0) is 74.6 Å². The number of fused-ring (bicyclic) bond motifs is 1. The highest BCUT2D eigenvalue weighted by atomic mass is 19.4. The first-order chi connectivity index (χ1) is 20.8. The molecule has 3 aromatic carbocycles. The van der Waals surface area contributed by atoms with Crippen LogP contribution in [0.15, 0.2) is 73.2 Å². The minimum absolute atomic E-state index is 0.172. The highest BCUT2D eigenvalue weighted by molar-refractivity contribution is 5.97. The summed E-state index contributed by atoms with van der Waals surface area (Å²) in [6.45, 7) is 10.1. The van der Waals surface area contributed by atoms with Crippen molar-refractivity contribution in [1.29, 1.82) is 0 Å². The number of aryl methyl sites for hydroxylation is 3. The lowest BCUT2D eigenvalue weighted by Crippen LogP contribution is -2.24. The third kappa shape index (κ3) is 7.21. The smallest absolute Gasteiger partial charge is 0.390 e. The number of imidazole rings is 2. The molecule has 0 aliphatic carbocycles. The zero-order chi connectivity index (χ0) is 31.6. The topological polar surface area (TPSA) is 61.9 Å². The number of benzene rings is 3. The molecular weight excluding hydrogens is 565 g/mol. The molecule has 5 rings (SSSR count). The highest BCUT2D eigenvalue weighted by Gasteiger charge is 2.27. The average molecular weight is 603 g/mol. The van der Waals surface area contributed by atoms with Crippen molar-refractivity contribution in [3.63, 3.8) is 0 Å². The molecule has 44 heavy (non-hydrogen) atoms. The van der Waals surface area contributed by atoms with Gasteiger partial charge in [-0.2, -0.15) is 13.2 Å². The van der Waals surface area contributed by atoms with Gasteiger partial charge in [0.1, 0.15) is 11.4 Å². The van der Waals surface area contributed by atoms with Crippen molar-refractivity contribution >= 4 is 17.0 Å². The van der Waals surface area contributed by atoms with Gasteiger partial charge >= 0.3 is 12.1 Å². The van der Waals surface area contributed by atoms with Gasteiger partial charge in [0.15, 0.2) is 0 Å².